The van der Waals surface area contributed by atoms with E-state index < -0.39 is 18.6 Å². The number of hydrogen-bond acceptors (Lipinski definition) is 6. The molecule has 4 atom stereocenters. The second kappa shape index (κ2) is 7.39. The van der Waals surface area contributed by atoms with E-state index >= 15 is 0 Å². The Balaban J connectivity index is 2.07. The van der Waals surface area contributed by atoms with Gasteiger partial charge in [-0.25, -0.2) is 0 Å². The summed E-state index contributed by atoms with van der Waals surface area (Å²) in [4.78, 5) is 27.6. The van der Waals surface area contributed by atoms with Crippen molar-refractivity contribution in [1.29, 1.82) is 0 Å². The molecule has 2 rings (SSSR count). The van der Waals surface area contributed by atoms with Crippen molar-refractivity contribution in [3.8, 4) is 0 Å². The lowest BCUT2D eigenvalue weighted by molar-refractivity contribution is -0.145. The highest BCUT2D eigenvalue weighted by molar-refractivity contribution is 6.40. The molecule has 0 aromatic rings. The second-order valence-corrected chi connectivity index (χ2v) is 7.53. The topological polar surface area (TPSA) is 127 Å². The highest BCUT2D eigenvalue weighted by Crippen LogP contribution is 2.49. The molecule has 1 aliphatic heterocycles. The van der Waals surface area contributed by atoms with Crippen molar-refractivity contribution in [1.82, 2.24) is 9.80 Å². The van der Waals surface area contributed by atoms with E-state index in [2.05, 4.69) is 0 Å². The van der Waals surface area contributed by atoms with Crippen LogP contribution in [0, 0.1) is 17.8 Å². The molecule has 2 aliphatic rings. The third-order valence-corrected chi connectivity index (χ3v) is 5.45. The van der Waals surface area contributed by atoms with Gasteiger partial charge in [0.2, 0.25) is 5.91 Å². The van der Waals surface area contributed by atoms with Crippen LogP contribution in [0.25, 0.3) is 0 Å². The maximum absolute atomic E-state index is 12.3. The number of fused-ring (bicyclic) bond motifs is 1. The van der Waals surface area contributed by atoms with Crippen molar-refractivity contribution in [2.75, 3.05) is 33.7 Å². The Morgan fingerprint density at radius 3 is 2.54 bits per heavy atom. The van der Waals surface area contributed by atoms with E-state index in [0.29, 0.717) is 38.9 Å². The van der Waals surface area contributed by atoms with E-state index in [9.17, 15) is 14.7 Å². The Bertz CT molecular complexity index is 490. The van der Waals surface area contributed by atoms with E-state index in [1.54, 1.807) is 0 Å². The first-order valence-corrected chi connectivity index (χ1v) is 8.46. The Morgan fingerprint density at radius 1 is 1.33 bits per heavy atom. The molecule has 0 bridgehead atoms. The van der Waals surface area contributed by atoms with Crippen molar-refractivity contribution in [3.63, 3.8) is 0 Å². The lowest BCUT2D eigenvalue weighted by Crippen LogP contribution is -2.53. The predicted molar refractivity (Wildman–Crippen MR) is 89.0 cm³/mol. The maximum Gasteiger partial charge on any atom is 0.451 e. The molecular weight excluding hydrogens is 313 g/mol. The van der Waals surface area contributed by atoms with Crippen LogP contribution in [-0.2, 0) is 9.59 Å². The molecule has 2 unspecified atom stereocenters. The van der Waals surface area contributed by atoms with Gasteiger partial charge in [-0.1, -0.05) is 6.42 Å². The number of likely N-dealkylation sites (tertiary alicyclic amines) is 1. The third-order valence-electron chi connectivity index (χ3n) is 5.45. The monoisotopic (exact) mass is 341 g/mol. The van der Waals surface area contributed by atoms with Crippen molar-refractivity contribution in [2.45, 2.75) is 31.1 Å². The summed E-state index contributed by atoms with van der Waals surface area (Å²) >= 11 is 0. The van der Waals surface area contributed by atoms with Gasteiger partial charge in [0.15, 0.2) is 0 Å². The molecular formula is C15H28BN3O5. The molecule has 0 radical (unpaired) electrons. The summed E-state index contributed by atoms with van der Waals surface area (Å²) in [5.74, 6) is -1.04. The number of carbonyl (C=O) groups excluding carboxylic acids is 1. The number of carboxylic acids is 1. The fourth-order valence-corrected chi connectivity index (χ4v) is 4.35. The SMILES string of the molecule is CN(C)CC(=O)N1C[C@@H]2CC(N)(C(=O)O)C(CCCB(O)O)[C@@H]2C1. The summed E-state index contributed by atoms with van der Waals surface area (Å²) in [6.45, 7) is 1.44. The van der Waals surface area contributed by atoms with Gasteiger partial charge in [-0.15, -0.1) is 0 Å². The number of nitrogens with two attached hydrogens (primary N) is 1. The molecule has 1 saturated carbocycles. The molecule has 9 heteroatoms. The zero-order valence-electron chi connectivity index (χ0n) is 14.4. The number of likely N-dealkylation sites (N-methyl/N-ethyl adjacent to an activating group) is 1. The molecule has 0 aromatic carbocycles. The molecule has 1 aliphatic carbocycles. The third kappa shape index (κ3) is 3.91. The molecule has 5 N–H and O–H groups in total. The molecule has 24 heavy (non-hydrogen) atoms. The Morgan fingerprint density at radius 2 is 2.00 bits per heavy atom. The van der Waals surface area contributed by atoms with Crippen LogP contribution in [0.2, 0.25) is 6.32 Å². The fourth-order valence-electron chi connectivity index (χ4n) is 4.35. The molecule has 0 spiro atoms. The standard InChI is InChI=1S/C15H28BN3O5/c1-18(2)9-13(20)19-7-10-6-15(17,14(21)22)12(11(10)8-19)4-3-5-16(23)24/h10-12,23-24H,3-9,17H2,1-2H3,(H,21,22)/t10-,11+,12?,15?/m0/s1. The molecule has 2 fully saturated rings. The number of amides is 1. The van der Waals surface area contributed by atoms with Crippen LogP contribution in [-0.4, -0.2) is 83.2 Å². The normalized spacial score (nSPS) is 32.2. The van der Waals surface area contributed by atoms with Gasteiger partial charge in [-0.05, 0) is 51.0 Å². The minimum atomic E-state index is -1.39. The van der Waals surface area contributed by atoms with Gasteiger partial charge in [0.25, 0.3) is 0 Å². The van der Waals surface area contributed by atoms with Gasteiger partial charge >= 0.3 is 13.1 Å². The maximum atomic E-state index is 12.3. The van der Waals surface area contributed by atoms with E-state index in [0.717, 1.165) is 0 Å². The number of rotatable bonds is 7. The summed E-state index contributed by atoms with van der Waals surface area (Å²) in [6.07, 6.45) is 1.60. The van der Waals surface area contributed by atoms with Crippen LogP contribution < -0.4 is 5.73 Å². The van der Waals surface area contributed by atoms with Gasteiger partial charge in [0, 0.05) is 13.1 Å². The fraction of sp³-hybridized carbons (Fsp3) is 0.867. The highest BCUT2D eigenvalue weighted by atomic mass is 16.4. The first kappa shape index (κ1) is 19.2. The van der Waals surface area contributed by atoms with Crippen molar-refractivity contribution in [2.24, 2.45) is 23.5 Å². The van der Waals surface area contributed by atoms with Crippen LogP contribution in [0.5, 0.6) is 0 Å². The summed E-state index contributed by atoms with van der Waals surface area (Å²) in [5.41, 5.74) is 4.93. The first-order valence-electron chi connectivity index (χ1n) is 8.46. The zero-order valence-corrected chi connectivity index (χ0v) is 14.4. The summed E-state index contributed by atoms with van der Waals surface area (Å²) in [5, 5.41) is 27.6. The quantitative estimate of drug-likeness (QED) is 0.423. The van der Waals surface area contributed by atoms with Gasteiger partial charge in [0.05, 0.1) is 6.54 Å². The smallest absolute Gasteiger partial charge is 0.451 e. The Hall–Kier alpha value is -1.16. The molecule has 1 amide bonds. The largest absolute Gasteiger partial charge is 0.480 e. The number of carboxylic acid groups (broad SMARTS) is 1. The van der Waals surface area contributed by atoms with E-state index in [-0.39, 0.29) is 30.0 Å². The summed E-state index contributed by atoms with van der Waals surface area (Å²) in [6, 6.07) is 0. The van der Waals surface area contributed by atoms with Gasteiger partial charge in [-0.3, -0.25) is 9.59 Å². The molecule has 136 valence electrons. The van der Waals surface area contributed by atoms with Crippen LogP contribution >= 0.6 is 0 Å². The van der Waals surface area contributed by atoms with Crippen molar-refractivity contribution in [3.05, 3.63) is 0 Å². The van der Waals surface area contributed by atoms with Crippen LogP contribution in [0.3, 0.4) is 0 Å². The first-order chi connectivity index (χ1) is 11.1. The zero-order chi connectivity index (χ0) is 18.1. The van der Waals surface area contributed by atoms with Crippen molar-refractivity contribution < 1.29 is 24.7 Å². The lowest BCUT2D eigenvalue weighted by Gasteiger charge is -2.31. The number of hydrogen-bond donors (Lipinski definition) is 4. The Kier molecular flexibility index (Phi) is 5.90. The van der Waals surface area contributed by atoms with Gasteiger partial charge in [-0.2, -0.15) is 0 Å². The molecule has 1 saturated heterocycles. The number of aliphatic carboxylic acids is 1. The van der Waals surface area contributed by atoms with Crippen LogP contribution in [0.4, 0.5) is 0 Å². The van der Waals surface area contributed by atoms with Crippen LogP contribution in [0.1, 0.15) is 19.3 Å². The minimum Gasteiger partial charge on any atom is -0.480 e. The highest BCUT2D eigenvalue weighted by Gasteiger charge is 2.58. The Labute approximate surface area is 142 Å². The minimum absolute atomic E-state index is 0.0527. The lowest BCUT2D eigenvalue weighted by atomic mass is 9.76. The molecule has 1 heterocycles. The summed E-state index contributed by atoms with van der Waals surface area (Å²) < 4.78 is 0. The van der Waals surface area contributed by atoms with E-state index in [4.69, 9.17) is 15.8 Å². The average Bonchev–Trinajstić information content (AvgIpc) is 2.95. The van der Waals surface area contributed by atoms with Crippen LogP contribution in [0.15, 0.2) is 0 Å². The second-order valence-electron chi connectivity index (χ2n) is 7.53. The number of carbonyl (C=O) groups is 2. The van der Waals surface area contributed by atoms with Gasteiger partial charge in [0.1, 0.15) is 5.54 Å². The van der Waals surface area contributed by atoms with E-state index in [1.807, 2.05) is 23.9 Å². The van der Waals surface area contributed by atoms with E-state index in [1.165, 1.54) is 0 Å². The van der Waals surface area contributed by atoms with Gasteiger partial charge < -0.3 is 30.7 Å². The summed E-state index contributed by atoms with van der Waals surface area (Å²) in [7, 11) is 2.29. The van der Waals surface area contributed by atoms with Crippen molar-refractivity contribution >= 4 is 19.0 Å². The molecule has 0 aromatic heterocycles. The molecule has 8 nitrogen and oxygen atoms in total. The number of nitrogens with zero attached hydrogens (tertiary/aromatic N) is 2. The predicted octanol–water partition coefficient (Wildman–Crippen LogP) is -1.32. The average molecular weight is 341 g/mol.